The van der Waals surface area contributed by atoms with E-state index in [1.165, 1.54) is 6.07 Å². The lowest BCUT2D eigenvalue weighted by molar-refractivity contribution is 0.0946. The minimum Gasteiger partial charge on any atom is -0.489 e. The molecule has 2 aromatic carbocycles. The van der Waals surface area contributed by atoms with Crippen LogP contribution in [-0.2, 0) is 13.2 Å². The van der Waals surface area contributed by atoms with Gasteiger partial charge in [0.05, 0.1) is 0 Å². The summed E-state index contributed by atoms with van der Waals surface area (Å²) in [6.45, 7) is 4.62. The Morgan fingerprint density at radius 2 is 1.93 bits per heavy atom. The van der Waals surface area contributed by atoms with Crippen molar-refractivity contribution in [3.05, 3.63) is 82.9 Å². The van der Waals surface area contributed by atoms with Crippen LogP contribution >= 0.6 is 0 Å². The van der Waals surface area contributed by atoms with Gasteiger partial charge >= 0.3 is 0 Å². The fraction of sp³-hybridized carbons (Fsp3) is 0.238. The highest BCUT2D eigenvalue weighted by Crippen LogP contribution is 2.16. The van der Waals surface area contributed by atoms with Crippen LogP contribution in [0.25, 0.3) is 0 Å². The maximum atomic E-state index is 13.6. The van der Waals surface area contributed by atoms with E-state index in [0.29, 0.717) is 23.6 Å². The first-order valence-corrected chi connectivity index (χ1v) is 8.81. The predicted octanol–water partition coefficient (Wildman–Crippen LogP) is 4.18. The number of H-pyrrole nitrogens is 1. The van der Waals surface area contributed by atoms with Gasteiger partial charge in [0.15, 0.2) is 0 Å². The van der Waals surface area contributed by atoms with Crippen molar-refractivity contribution in [1.82, 2.24) is 15.5 Å². The number of aromatic nitrogens is 2. The van der Waals surface area contributed by atoms with Gasteiger partial charge in [-0.2, -0.15) is 5.10 Å². The number of ether oxygens (including phenoxy) is 1. The van der Waals surface area contributed by atoms with Crippen molar-refractivity contribution in [2.75, 3.05) is 0 Å². The highest BCUT2D eigenvalue weighted by Gasteiger charge is 2.11. The molecule has 3 rings (SSSR count). The van der Waals surface area contributed by atoms with Crippen molar-refractivity contribution in [2.45, 2.75) is 32.9 Å². The molecule has 0 saturated heterocycles. The van der Waals surface area contributed by atoms with Crippen molar-refractivity contribution in [2.24, 2.45) is 0 Å². The topological polar surface area (TPSA) is 67.0 Å². The largest absolute Gasteiger partial charge is 0.489 e. The van der Waals surface area contributed by atoms with Gasteiger partial charge in [0.25, 0.3) is 5.91 Å². The van der Waals surface area contributed by atoms with Crippen molar-refractivity contribution in [3.8, 4) is 5.75 Å². The number of amides is 1. The summed E-state index contributed by atoms with van der Waals surface area (Å²) >= 11 is 0. The van der Waals surface area contributed by atoms with Gasteiger partial charge in [-0.1, -0.05) is 44.2 Å². The first-order chi connectivity index (χ1) is 13.0. The second-order valence-corrected chi connectivity index (χ2v) is 6.57. The molecule has 5 nitrogen and oxygen atoms in total. The third kappa shape index (κ3) is 4.94. The molecule has 0 saturated carbocycles. The van der Waals surface area contributed by atoms with E-state index in [4.69, 9.17) is 4.74 Å². The van der Waals surface area contributed by atoms with E-state index in [2.05, 4.69) is 15.5 Å². The third-order valence-electron chi connectivity index (χ3n) is 4.18. The van der Waals surface area contributed by atoms with E-state index in [9.17, 15) is 9.18 Å². The lowest BCUT2D eigenvalue weighted by Crippen LogP contribution is -2.23. The number of rotatable bonds is 7. The van der Waals surface area contributed by atoms with Gasteiger partial charge in [0.2, 0.25) is 0 Å². The second-order valence-electron chi connectivity index (χ2n) is 6.57. The maximum absolute atomic E-state index is 13.6. The van der Waals surface area contributed by atoms with Crippen LogP contribution in [0.5, 0.6) is 5.75 Å². The van der Waals surface area contributed by atoms with Crippen molar-refractivity contribution < 1.29 is 13.9 Å². The summed E-state index contributed by atoms with van der Waals surface area (Å²) in [7, 11) is 0. The summed E-state index contributed by atoms with van der Waals surface area (Å²) in [5, 5.41) is 9.75. The minimum absolute atomic E-state index is 0.167. The van der Waals surface area contributed by atoms with E-state index < -0.39 is 0 Å². The summed E-state index contributed by atoms with van der Waals surface area (Å²) in [6.07, 6.45) is 0. The van der Waals surface area contributed by atoms with Gasteiger partial charge in [0, 0.05) is 17.8 Å². The van der Waals surface area contributed by atoms with E-state index in [1.807, 2.05) is 26.0 Å². The van der Waals surface area contributed by atoms with Gasteiger partial charge in [-0.25, -0.2) is 4.39 Å². The molecule has 0 atom stereocenters. The van der Waals surface area contributed by atoms with Crippen LogP contribution in [0.15, 0.2) is 54.6 Å². The van der Waals surface area contributed by atoms with Crippen LogP contribution in [0.2, 0.25) is 0 Å². The number of carbonyl (C=O) groups is 1. The molecular formula is C21H22FN3O2. The summed E-state index contributed by atoms with van der Waals surface area (Å²) < 4.78 is 19.2. The van der Waals surface area contributed by atoms with Crippen LogP contribution in [0.4, 0.5) is 4.39 Å². The normalized spacial score (nSPS) is 10.8. The molecule has 0 radical (unpaired) electrons. The number of carbonyl (C=O) groups excluding carboxylic acids is 1. The predicted molar refractivity (Wildman–Crippen MR) is 101 cm³/mol. The molecule has 140 valence electrons. The zero-order chi connectivity index (χ0) is 19.2. The summed E-state index contributed by atoms with van der Waals surface area (Å²) in [5.41, 5.74) is 2.75. The van der Waals surface area contributed by atoms with E-state index in [-0.39, 0.29) is 24.2 Å². The second kappa shape index (κ2) is 8.49. The summed E-state index contributed by atoms with van der Waals surface area (Å²) in [6, 6.07) is 15.6. The fourth-order valence-electron chi connectivity index (χ4n) is 2.50. The minimum atomic E-state index is -0.282. The molecule has 1 aromatic heterocycles. The molecule has 1 amide bonds. The average Bonchev–Trinajstić information content (AvgIpc) is 3.17. The number of nitrogens with one attached hydrogen (secondary N) is 2. The molecular weight excluding hydrogens is 345 g/mol. The standard InChI is InChI=1S/C21H22FN3O2/c1-14(2)19-11-20(25-24-19)21(26)23-12-15-7-9-17(10-8-15)27-13-16-5-3-4-6-18(16)22/h3-11,14H,12-13H2,1-2H3,(H,23,26)(H,24,25). The van der Waals surface area contributed by atoms with E-state index in [1.54, 1.807) is 36.4 Å². The van der Waals surface area contributed by atoms with E-state index >= 15 is 0 Å². The Hall–Kier alpha value is -3.15. The average molecular weight is 367 g/mol. The molecule has 0 aliphatic heterocycles. The Kier molecular flexibility index (Phi) is 5.86. The number of benzene rings is 2. The zero-order valence-corrected chi connectivity index (χ0v) is 15.3. The molecule has 2 N–H and O–H groups in total. The van der Waals surface area contributed by atoms with Gasteiger partial charge < -0.3 is 10.1 Å². The first kappa shape index (κ1) is 18.6. The van der Waals surface area contributed by atoms with Crippen LogP contribution < -0.4 is 10.1 Å². The summed E-state index contributed by atoms with van der Waals surface area (Å²) in [4.78, 5) is 12.2. The molecule has 0 unspecified atom stereocenters. The first-order valence-electron chi connectivity index (χ1n) is 8.81. The number of aromatic amines is 1. The Balaban J connectivity index is 1.51. The van der Waals surface area contributed by atoms with Crippen LogP contribution in [0.1, 0.15) is 47.1 Å². The molecule has 1 heterocycles. The van der Waals surface area contributed by atoms with Crippen LogP contribution in [-0.4, -0.2) is 16.1 Å². The maximum Gasteiger partial charge on any atom is 0.272 e. The zero-order valence-electron chi connectivity index (χ0n) is 15.3. The van der Waals surface area contributed by atoms with Gasteiger partial charge in [-0.05, 0) is 35.7 Å². The van der Waals surface area contributed by atoms with Crippen LogP contribution in [0.3, 0.4) is 0 Å². The number of hydrogen-bond donors (Lipinski definition) is 2. The quantitative estimate of drug-likeness (QED) is 0.658. The highest BCUT2D eigenvalue weighted by molar-refractivity contribution is 5.92. The Labute approximate surface area is 157 Å². The van der Waals surface area contributed by atoms with Gasteiger partial charge in [0.1, 0.15) is 23.9 Å². The Morgan fingerprint density at radius 3 is 2.59 bits per heavy atom. The van der Waals surface area contributed by atoms with Gasteiger partial charge in [-0.15, -0.1) is 0 Å². The molecule has 0 spiro atoms. The Morgan fingerprint density at radius 1 is 1.19 bits per heavy atom. The lowest BCUT2D eigenvalue weighted by Gasteiger charge is -2.08. The summed E-state index contributed by atoms with van der Waals surface area (Å²) in [5.74, 6) is 0.423. The molecule has 0 aliphatic carbocycles. The van der Waals surface area contributed by atoms with Crippen molar-refractivity contribution >= 4 is 5.91 Å². The van der Waals surface area contributed by atoms with Crippen molar-refractivity contribution in [1.29, 1.82) is 0 Å². The fourth-order valence-corrected chi connectivity index (χ4v) is 2.50. The monoisotopic (exact) mass is 367 g/mol. The molecule has 3 aromatic rings. The molecule has 6 heteroatoms. The number of halogens is 1. The van der Waals surface area contributed by atoms with Gasteiger partial charge in [-0.3, -0.25) is 9.89 Å². The van der Waals surface area contributed by atoms with Crippen LogP contribution in [0, 0.1) is 5.82 Å². The number of hydrogen-bond acceptors (Lipinski definition) is 3. The third-order valence-corrected chi connectivity index (χ3v) is 4.18. The highest BCUT2D eigenvalue weighted by atomic mass is 19.1. The lowest BCUT2D eigenvalue weighted by atomic mass is 10.1. The number of nitrogens with zero attached hydrogens (tertiary/aromatic N) is 1. The Bertz CT molecular complexity index is 904. The molecule has 0 fully saturated rings. The van der Waals surface area contributed by atoms with E-state index in [0.717, 1.165) is 11.3 Å². The SMILES string of the molecule is CC(C)c1cc(C(=O)NCc2ccc(OCc3ccccc3F)cc2)n[nH]1. The molecule has 27 heavy (non-hydrogen) atoms. The molecule has 0 aliphatic rings. The smallest absolute Gasteiger partial charge is 0.272 e. The molecule has 0 bridgehead atoms. The van der Waals surface area contributed by atoms with Crippen molar-refractivity contribution in [3.63, 3.8) is 0 Å².